The van der Waals surface area contributed by atoms with Gasteiger partial charge in [-0.1, -0.05) is 0 Å². The van der Waals surface area contributed by atoms with E-state index in [9.17, 15) is 0 Å². The van der Waals surface area contributed by atoms with Gasteiger partial charge in [0, 0.05) is 0 Å². The van der Waals surface area contributed by atoms with Gasteiger partial charge in [-0.15, -0.1) is 0 Å². The molecule has 0 aliphatic heterocycles. The summed E-state index contributed by atoms with van der Waals surface area (Å²) >= 11 is 6.73. The molecule has 0 nitrogen and oxygen atoms in total. The molecule has 0 heterocycles. The van der Waals surface area contributed by atoms with E-state index in [1.54, 1.807) is 0 Å². The Kier molecular flexibility index (Phi) is 4.68. The monoisotopic (exact) mass is 362 g/mol. The van der Waals surface area contributed by atoms with Crippen LogP contribution in [0.1, 0.15) is 0 Å². The van der Waals surface area contributed by atoms with E-state index < -0.39 is 5.98 Å². The van der Waals surface area contributed by atoms with Crippen molar-refractivity contribution in [3.8, 4) is 0 Å². The van der Waals surface area contributed by atoms with Crippen molar-refractivity contribution in [2.45, 2.75) is 0 Å². The first kappa shape index (κ1) is 16.1. The van der Waals surface area contributed by atoms with E-state index in [1.807, 2.05) is 0 Å². The fraction of sp³-hybridized carbons (Fsp3) is 0. The van der Waals surface area contributed by atoms with Gasteiger partial charge in [0.05, 0.1) is 0 Å². The zero-order valence-corrected chi connectivity index (χ0v) is 15.9. The predicted molar refractivity (Wildman–Crippen MR) is 109 cm³/mol. The van der Waals surface area contributed by atoms with E-state index in [4.69, 9.17) is 11.2 Å². The van der Waals surface area contributed by atoms with Crippen molar-refractivity contribution < 1.29 is 0 Å². The van der Waals surface area contributed by atoms with Crippen LogP contribution in [0.2, 0.25) is 0 Å². The molecule has 0 aromatic heterocycles. The van der Waals surface area contributed by atoms with Crippen molar-refractivity contribution in [1.82, 2.24) is 0 Å². The van der Waals surface area contributed by atoms with Crippen LogP contribution in [0, 0.1) is 0 Å². The molecule has 0 fully saturated rings. The Morgan fingerprint density at radius 3 is 1.09 bits per heavy atom. The molecule has 0 aliphatic rings. The number of hydrogen-bond acceptors (Lipinski definition) is 0. The standard InChI is InChI=1S/C18H18ClP3/c19-21-22(20,16-10-4-1-5-11-16,17-12-6-2-7-13-17)18-14-8-3-9-15-18/h1-15,21H,20H2. The molecule has 0 N–H and O–H groups in total. The molecular weight excluding hydrogens is 345 g/mol. The molecule has 4 heteroatoms. The summed E-state index contributed by atoms with van der Waals surface area (Å²) in [5.74, 6) is -2.69. The van der Waals surface area contributed by atoms with E-state index in [-0.39, 0.29) is 7.62 Å². The molecule has 0 radical (unpaired) electrons. The van der Waals surface area contributed by atoms with Crippen molar-refractivity contribution >= 4 is 49.7 Å². The van der Waals surface area contributed by atoms with E-state index in [2.05, 4.69) is 99.9 Å². The molecule has 112 valence electrons. The van der Waals surface area contributed by atoms with Gasteiger partial charge < -0.3 is 0 Å². The molecule has 2 atom stereocenters. The van der Waals surface area contributed by atoms with Gasteiger partial charge in [0.2, 0.25) is 0 Å². The van der Waals surface area contributed by atoms with Crippen LogP contribution >= 0.6 is 33.8 Å². The van der Waals surface area contributed by atoms with Gasteiger partial charge in [0.1, 0.15) is 0 Å². The van der Waals surface area contributed by atoms with Gasteiger partial charge in [-0.3, -0.25) is 0 Å². The summed E-state index contributed by atoms with van der Waals surface area (Å²) in [6, 6.07) is 32.0. The molecule has 0 saturated carbocycles. The third-order valence-electron chi connectivity index (χ3n) is 4.05. The van der Waals surface area contributed by atoms with Crippen LogP contribution in [-0.2, 0) is 0 Å². The molecule has 0 aliphatic carbocycles. The second-order valence-electron chi connectivity index (χ2n) is 5.28. The summed E-state index contributed by atoms with van der Waals surface area (Å²) in [7, 11) is 3.47. The Hall–Kier alpha value is -0.760. The minimum atomic E-state index is -2.69. The zero-order valence-electron chi connectivity index (χ0n) is 12.1. The zero-order chi connectivity index (χ0) is 15.5. The molecule has 22 heavy (non-hydrogen) atoms. The van der Waals surface area contributed by atoms with Gasteiger partial charge in [-0.05, 0) is 0 Å². The Bertz CT molecular complexity index is 646. The van der Waals surface area contributed by atoms with Crippen LogP contribution in [0.3, 0.4) is 0 Å². The van der Waals surface area contributed by atoms with E-state index in [1.165, 1.54) is 15.9 Å². The van der Waals surface area contributed by atoms with Gasteiger partial charge in [0.15, 0.2) is 0 Å². The maximum absolute atomic E-state index is 6.73. The normalized spacial score (nSPS) is 13.8. The van der Waals surface area contributed by atoms with Crippen LogP contribution in [0.5, 0.6) is 0 Å². The Labute approximate surface area is 140 Å². The minimum absolute atomic E-state index is 0.270. The van der Waals surface area contributed by atoms with Gasteiger partial charge in [-0.2, -0.15) is 0 Å². The van der Waals surface area contributed by atoms with Gasteiger partial charge in [-0.25, -0.2) is 0 Å². The SMILES string of the molecule is PP(PCl)(c1ccccc1)(c1ccccc1)c1ccccc1. The summed E-state index contributed by atoms with van der Waals surface area (Å²) in [6.45, 7) is 0. The van der Waals surface area contributed by atoms with E-state index in [0.717, 1.165) is 0 Å². The quantitative estimate of drug-likeness (QED) is 0.569. The van der Waals surface area contributed by atoms with Crippen LogP contribution in [-0.4, -0.2) is 0 Å². The Morgan fingerprint density at radius 1 is 0.591 bits per heavy atom. The number of benzene rings is 3. The first-order chi connectivity index (χ1) is 10.7. The average molecular weight is 363 g/mol. The molecule has 0 spiro atoms. The first-order valence-electron chi connectivity index (χ1n) is 7.07. The van der Waals surface area contributed by atoms with E-state index in [0.29, 0.717) is 0 Å². The Morgan fingerprint density at radius 2 is 0.864 bits per heavy atom. The number of halogens is 1. The summed E-state index contributed by atoms with van der Waals surface area (Å²) in [4.78, 5) is 0. The Balaban J connectivity index is 2.41. The molecule has 0 saturated heterocycles. The van der Waals surface area contributed by atoms with E-state index >= 15 is 0 Å². The summed E-state index contributed by atoms with van der Waals surface area (Å²) in [5, 5.41) is 3.93. The fourth-order valence-electron chi connectivity index (χ4n) is 2.81. The molecule has 3 aromatic carbocycles. The summed E-state index contributed by atoms with van der Waals surface area (Å²) in [6.07, 6.45) is 0. The average Bonchev–Trinajstić information content (AvgIpc) is 2.63. The number of rotatable bonds is 4. The van der Waals surface area contributed by atoms with Crippen LogP contribution in [0.25, 0.3) is 0 Å². The van der Waals surface area contributed by atoms with Crippen molar-refractivity contribution in [3.05, 3.63) is 91.0 Å². The molecular formula is C18H18ClP3. The van der Waals surface area contributed by atoms with Gasteiger partial charge in [0.25, 0.3) is 0 Å². The number of hydrogen-bond donors (Lipinski definition) is 0. The van der Waals surface area contributed by atoms with Crippen molar-refractivity contribution in [3.63, 3.8) is 0 Å². The summed E-state index contributed by atoms with van der Waals surface area (Å²) in [5.41, 5.74) is 0. The topological polar surface area (TPSA) is 0 Å². The first-order valence-corrected chi connectivity index (χ1v) is 13.8. The van der Waals surface area contributed by atoms with Crippen LogP contribution < -0.4 is 15.9 Å². The molecule has 3 rings (SSSR count). The van der Waals surface area contributed by atoms with Crippen LogP contribution in [0.15, 0.2) is 91.0 Å². The second kappa shape index (κ2) is 6.39. The third-order valence-corrected chi connectivity index (χ3v) is 20.4. The molecule has 2 unspecified atom stereocenters. The van der Waals surface area contributed by atoms with Crippen molar-refractivity contribution in [2.75, 3.05) is 0 Å². The van der Waals surface area contributed by atoms with Crippen molar-refractivity contribution in [1.29, 1.82) is 0 Å². The van der Waals surface area contributed by atoms with Gasteiger partial charge >= 0.3 is 141 Å². The third kappa shape index (κ3) is 2.44. The molecule has 0 amide bonds. The van der Waals surface area contributed by atoms with Crippen molar-refractivity contribution in [2.24, 2.45) is 0 Å². The molecule has 0 bridgehead atoms. The fourth-order valence-corrected chi connectivity index (χ4v) is 12.8. The maximum atomic E-state index is 6.73. The molecule has 3 aromatic rings. The summed E-state index contributed by atoms with van der Waals surface area (Å²) < 4.78 is 0. The predicted octanol–water partition coefficient (Wildman–Crippen LogP) is 5.05. The second-order valence-corrected chi connectivity index (χ2v) is 18.8. The van der Waals surface area contributed by atoms with Crippen LogP contribution in [0.4, 0.5) is 0 Å².